The Morgan fingerprint density at radius 1 is 1.18 bits per heavy atom. The maximum atomic E-state index is 10.9. The maximum absolute atomic E-state index is 10.9. The number of fused-ring (bicyclic) bond motifs is 2. The van der Waals surface area contributed by atoms with Crippen molar-refractivity contribution in [3.05, 3.63) is 47.5 Å². The molecular weight excluding hydrogens is 434 g/mol. The molecule has 11 nitrogen and oxygen atoms in total. The number of aryl methyl sites for hydroxylation is 2. The third-order valence-electron chi connectivity index (χ3n) is 6.10. The molecule has 0 spiro atoms. The van der Waals surface area contributed by atoms with Crippen molar-refractivity contribution in [1.29, 1.82) is 0 Å². The molecule has 5 N–H and O–H groups in total. The van der Waals surface area contributed by atoms with E-state index < -0.39 is 37.0 Å². The number of hydrogen-bond donors (Lipinski definition) is 5. The van der Waals surface area contributed by atoms with Gasteiger partial charge in [0, 0.05) is 13.0 Å². The molecule has 2 aliphatic rings. The lowest BCUT2D eigenvalue weighted by atomic mass is 9.96. The summed E-state index contributed by atoms with van der Waals surface area (Å²) < 4.78 is 17.8. The second kappa shape index (κ2) is 8.52. The van der Waals surface area contributed by atoms with Crippen LogP contribution in [-0.4, -0.2) is 84.1 Å². The van der Waals surface area contributed by atoms with E-state index in [1.54, 1.807) is 16.8 Å². The number of rotatable bonds is 6. The summed E-state index contributed by atoms with van der Waals surface area (Å²) in [6.07, 6.45) is -5.42. The van der Waals surface area contributed by atoms with E-state index in [2.05, 4.69) is 16.4 Å². The van der Waals surface area contributed by atoms with Crippen LogP contribution in [0.1, 0.15) is 11.1 Å². The van der Waals surface area contributed by atoms with Crippen LogP contribution in [0, 0.1) is 0 Å². The van der Waals surface area contributed by atoms with Gasteiger partial charge in [0.15, 0.2) is 11.9 Å². The van der Waals surface area contributed by atoms with E-state index in [1.165, 1.54) is 11.6 Å². The molecule has 33 heavy (non-hydrogen) atoms. The second-order valence-electron chi connectivity index (χ2n) is 8.23. The minimum absolute atomic E-state index is 0.0821. The molecule has 0 aliphatic carbocycles. The average Bonchev–Trinajstić information content (AvgIpc) is 3.46. The molecule has 5 rings (SSSR count). The third kappa shape index (κ3) is 3.82. The highest BCUT2D eigenvalue weighted by atomic mass is 16.7. The highest BCUT2D eigenvalue weighted by Crippen LogP contribution is 2.34. The van der Waals surface area contributed by atoms with Crippen LogP contribution < -0.4 is 9.47 Å². The first kappa shape index (κ1) is 22.0. The van der Waals surface area contributed by atoms with Crippen LogP contribution in [0.2, 0.25) is 0 Å². The molecule has 3 heterocycles. The monoisotopic (exact) mass is 459 g/mol. The van der Waals surface area contributed by atoms with E-state index in [4.69, 9.17) is 14.2 Å². The molecule has 3 aromatic rings. The van der Waals surface area contributed by atoms with Gasteiger partial charge < -0.3 is 39.7 Å². The number of aliphatic hydroxyl groups excluding tert-OH is 4. The van der Waals surface area contributed by atoms with Crippen molar-refractivity contribution in [1.82, 2.24) is 15.0 Å². The smallest absolute Gasteiger partial charge is 0.288 e. The maximum Gasteiger partial charge on any atom is 0.288 e. The summed E-state index contributed by atoms with van der Waals surface area (Å²) in [4.78, 5) is 0. The molecule has 2 aromatic carbocycles. The zero-order valence-corrected chi connectivity index (χ0v) is 17.6. The molecule has 1 aromatic heterocycles. The van der Waals surface area contributed by atoms with Gasteiger partial charge in [0.25, 0.3) is 5.79 Å². The van der Waals surface area contributed by atoms with Crippen molar-refractivity contribution in [2.45, 2.75) is 49.8 Å². The van der Waals surface area contributed by atoms with Gasteiger partial charge in [-0.15, -0.1) is 5.10 Å². The lowest BCUT2D eigenvalue weighted by molar-refractivity contribution is -0.385. The predicted molar refractivity (Wildman–Crippen MR) is 112 cm³/mol. The summed E-state index contributed by atoms with van der Waals surface area (Å²) in [6.45, 7) is 0.476. The standard InChI is InChI=1S/C22H25N3O8/c26-11-17-19(27)20(28)22(30,21(29)32-17)33-16-3-1-2-14-18(16)25(24-23-14)8-6-12-4-5-15-13(10-12)7-9-31-15/h1-5,10,17,19-21,26-30H,6-9,11H2/t17-,19-,20+,21+,22+/m0/s1. The number of para-hydroxylation sites is 1. The predicted octanol–water partition coefficient (Wildman–Crippen LogP) is -0.892. The highest BCUT2D eigenvalue weighted by molar-refractivity contribution is 5.81. The summed E-state index contributed by atoms with van der Waals surface area (Å²) in [5, 5.41) is 59.3. The fourth-order valence-corrected chi connectivity index (χ4v) is 4.24. The Labute approximate surface area is 188 Å². The van der Waals surface area contributed by atoms with Gasteiger partial charge in [-0.1, -0.05) is 23.4 Å². The molecule has 176 valence electrons. The van der Waals surface area contributed by atoms with E-state index in [0.717, 1.165) is 17.7 Å². The molecule has 5 atom stereocenters. The van der Waals surface area contributed by atoms with Gasteiger partial charge in [-0.05, 0) is 35.7 Å². The summed E-state index contributed by atoms with van der Waals surface area (Å²) in [7, 11) is 0. The summed E-state index contributed by atoms with van der Waals surface area (Å²) in [5.41, 5.74) is 3.19. The molecule has 1 saturated heterocycles. The fourth-order valence-electron chi connectivity index (χ4n) is 4.24. The van der Waals surface area contributed by atoms with E-state index >= 15 is 0 Å². The molecule has 0 bridgehead atoms. The molecule has 0 radical (unpaired) electrons. The van der Waals surface area contributed by atoms with E-state index in [0.29, 0.717) is 30.6 Å². The van der Waals surface area contributed by atoms with Gasteiger partial charge in [0.05, 0.1) is 13.2 Å². The van der Waals surface area contributed by atoms with Crippen LogP contribution in [-0.2, 0) is 24.1 Å². The molecule has 1 fully saturated rings. The van der Waals surface area contributed by atoms with Crippen molar-refractivity contribution < 1.29 is 39.7 Å². The number of hydrogen-bond acceptors (Lipinski definition) is 10. The number of nitrogens with zero attached hydrogens (tertiary/aromatic N) is 3. The zero-order valence-electron chi connectivity index (χ0n) is 17.6. The Morgan fingerprint density at radius 3 is 2.85 bits per heavy atom. The van der Waals surface area contributed by atoms with Crippen molar-refractivity contribution in [3.8, 4) is 11.5 Å². The zero-order chi connectivity index (χ0) is 23.2. The van der Waals surface area contributed by atoms with Gasteiger partial charge in [-0.25, -0.2) is 4.68 Å². The Hall–Kier alpha value is -2.80. The molecule has 0 saturated carbocycles. The number of benzene rings is 2. The Morgan fingerprint density at radius 2 is 2.03 bits per heavy atom. The van der Waals surface area contributed by atoms with Gasteiger partial charge in [0.1, 0.15) is 29.0 Å². The second-order valence-corrected chi connectivity index (χ2v) is 8.23. The van der Waals surface area contributed by atoms with Gasteiger partial charge in [-0.3, -0.25) is 0 Å². The van der Waals surface area contributed by atoms with Crippen molar-refractivity contribution in [2.24, 2.45) is 0 Å². The molecule has 0 amide bonds. The van der Waals surface area contributed by atoms with Crippen LogP contribution in [0.3, 0.4) is 0 Å². The number of ether oxygens (including phenoxy) is 3. The Kier molecular flexibility index (Phi) is 5.69. The SMILES string of the molecule is OC[C@@H]1O[C@@H](O)[C@](O)(Oc2cccc3nnn(CCc4ccc5c(c4)CCO5)c23)[C@H](O)[C@H]1O. The van der Waals surface area contributed by atoms with Crippen LogP contribution >= 0.6 is 0 Å². The molecular formula is C22H25N3O8. The average molecular weight is 459 g/mol. The summed E-state index contributed by atoms with van der Waals surface area (Å²) in [6, 6.07) is 10.9. The lowest BCUT2D eigenvalue weighted by Gasteiger charge is -2.45. The third-order valence-corrected chi connectivity index (χ3v) is 6.10. The quantitative estimate of drug-likeness (QED) is 0.293. The van der Waals surface area contributed by atoms with Crippen molar-refractivity contribution >= 4 is 11.0 Å². The van der Waals surface area contributed by atoms with Crippen LogP contribution in [0.15, 0.2) is 36.4 Å². The minimum Gasteiger partial charge on any atom is -0.493 e. The van der Waals surface area contributed by atoms with Gasteiger partial charge in [0.2, 0.25) is 6.29 Å². The van der Waals surface area contributed by atoms with Gasteiger partial charge in [-0.2, -0.15) is 0 Å². The van der Waals surface area contributed by atoms with Crippen molar-refractivity contribution in [3.63, 3.8) is 0 Å². The molecule has 0 unspecified atom stereocenters. The van der Waals surface area contributed by atoms with E-state index in [9.17, 15) is 25.5 Å². The van der Waals surface area contributed by atoms with E-state index in [1.807, 2.05) is 12.1 Å². The van der Waals surface area contributed by atoms with E-state index in [-0.39, 0.29) is 5.75 Å². The molecule has 2 aliphatic heterocycles. The van der Waals surface area contributed by atoms with Crippen LogP contribution in [0.25, 0.3) is 11.0 Å². The highest BCUT2D eigenvalue weighted by Gasteiger charge is 2.57. The number of aliphatic hydroxyl groups is 5. The minimum atomic E-state index is -2.69. The molecule has 11 heteroatoms. The first-order chi connectivity index (χ1) is 15.9. The van der Waals surface area contributed by atoms with Crippen molar-refractivity contribution in [2.75, 3.05) is 13.2 Å². The summed E-state index contributed by atoms with van der Waals surface area (Å²) in [5.74, 6) is -1.70. The Balaban J connectivity index is 1.41. The van der Waals surface area contributed by atoms with Crippen LogP contribution in [0.4, 0.5) is 0 Å². The lowest BCUT2D eigenvalue weighted by Crippen LogP contribution is -2.69. The Bertz CT molecular complexity index is 1150. The largest absolute Gasteiger partial charge is 0.493 e. The topological polar surface area (TPSA) is 160 Å². The summed E-state index contributed by atoms with van der Waals surface area (Å²) >= 11 is 0. The van der Waals surface area contributed by atoms with Gasteiger partial charge >= 0.3 is 0 Å². The normalized spacial score (nSPS) is 29.1. The van der Waals surface area contributed by atoms with Crippen LogP contribution in [0.5, 0.6) is 11.5 Å². The first-order valence-corrected chi connectivity index (χ1v) is 10.7. The number of aromatic nitrogens is 3. The first-order valence-electron chi connectivity index (χ1n) is 10.7. The fraction of sp³-hybridized carbons (Fsp3) is 0.455.